The van der Waals surface area contributed by atoms with Crippen LogP contribution in [0.2, 0.25) is 5.02 Å². The van der Waals surface area contributed by atoms with E-state index in [0.717, 1.165) is 45.9 Å². The Morgan fingerprint density at radius 3 is 2.42 bits per heavy atom. The molecule has 134 valence electrons. The quantitative estimate of drug-likeness (QED) is 0.573. The maximum atomic E-state index is 12.7. The first-order valence-corrected chi connectivity index (χ1v) is 9.93. The van der Waals surface area contributed by atoms with Gasteiger partial charge in [-0.25, -0.2) is 4.98 Å². The zero-order chi connectivity index (χ0) is 18.7. The predicted molar refractivity (Wildman–Crippen MR) is 110 cm³/mol. The van der Waals surface area contributed by atoms with E-state index in [1.807, 2.05) is 55.6 Å². The molecule has 0 fully saturated rings. The molecular weight excluding hydrogens is 364 g/mol. The van der Waals surface area contributed by atoms with E-state index in [-0.39, 0.29) is 5.91 Å². The van der Waals surface area contributed by atoms with Crippen molar-refractivity contribution in [3.8, 4) is 10.6 Å². The van der Waals surface area contributed by atoms with E-state index in [1.165, 1.54) is 0 Å². The highest BCUT2D eigenvalue weighted by Crippen LogP contribution is 2.30. The van der Waals surface area contributed by atoms with Gasteiger partial charge >= 0.3 is 0 Å². The third-order valence-corrected chi connectivity index (χ3v) is 5.69. The van der Waals surface area contributed by atoms with Crippen molar-refractivity contribution in [2.75, 3.05) is 5.32 Å². The first kappa shape index (κ1) is 18.6. The standard InChI is InChI=1S/C21H21ClN2OS/c1-4-14-10-11-18(22)17(5-2)19(14)24-20(25)15-6-8-16(9-7-15)21-23-13(3)12-26-21/h6-12H,4-5H2,1-3H3,(H,24,25). The summed E-state index contributed by atoms with van der Waals surface area (Å²) in [6.07, 6.45) is 1.60. The molecule has 0 unspecified atom stereocenters. The minimum absolute atomic E-state index is 0.126. The van der Waals surface area contributed by atoms with Gasteiger partial charge in [0.05, 0.1) is 0 Å². The smallest absolute Gasteiger partial charge is 0.255 e. The number of thiazole rings is 1. The largest absolute Gasteiger partial charge is 0.321 e. The van der Waals surface area contributed by atoms with Gasteiger partial charge in [0, 0.05) is 32.9 Å². The van der Waals surface area contributed by atoms with Crippen molar-refractivity contribution < 1.29 is 4.79 Å². The summed E-state index contributed by atoms with van der Waals surface area (Å²) in [4.78, 5) is 17.2. The minimum atomic E-state index is -0.126. The molecular formula is C21H21ClN2OS. The molecule has 3 aromatic rings. The zero-order valence-electron chi connectivity index (χ0n) is 15.1. The molecule has 5 heteroatoms. The second kappa shape index (κ2) is 8.02. The third kappa shape index (κ3) is 3.81. The molecule has 1 heterocycles. The number of nitrogens with zero attached hydrogens (tertiary/aromatic N) is 1. The lowest BCUT2D eigenvalue weighted by atomic mass is 10.0. The van der Waals surface area contributed by atoms with E-state index < -0.39 is 0 Å². The molecule has 0 bridgehead atoms. The third-order valence-electron chi connectivity index (χ3n) is 4.33. The lowest BCUT2D eigenvalue weighted by Gasteiger charge is -2.16. The summed E-state index contributed by atoms with van der Waals surface area (Å²) >= 11 is 7.93. The van der Waals surface area contributed by atoms with E-state index in [1.54, 1.807) is 11.3 Å². The summed E-state index contributed by atoms with van der Waals surface area (Å²) in [6, 6.07) is 11.4. The van der Waals surface area contributed by atoms with Gasteiger partial charge in [-0.05, 0) is 49.1 Å². The van der Waals surface area contributed by atoms with Crippen LogP contribution in [0.4, 0.5) is 5.69 Å². The van der Waals surface area contributed by atoms with Crippen molar-refractivity contribution in [2.24, 2.45) is 0 Å². The van der Waals surface area contributed by atoms with E-state index >= 15 is 0 Å². The van der Waals surface area contributed by atoms with Gasteiger partial charge in [-0.3, -0.25) is 4.79 Å². The molecule has 26 heavy (non-hydrogen) atoms. The van der Waals surface area contributed by atoms with Gasteiger partial charge in [-0.15, -0.1) is 11.3 Å². The van der Waals surface area contributed by atoms with Crippen molar-refractivity contribution >= 4 is 34.5 Å². The van der Waals surface area contributed by atoms with Crippen LogP contribution in [-0.2, 0) is 12.8 Å². The SMILES string of the molecule is CCc1ccc(Cl)c(CC)c1NC(=O)c1ccc(-c2nc(C)cs2)cc1. The van der Waals surface area contributed by atoms with Crippen LogP contribution in [-0.4, -0.2) is 10.9 Å². The summed E-state index contributed by atoms with van der Waals surface area (Å²) in [5.41, 5.74) is 5.56. The van der Waals surface area contributed by atoms with E-state index in [9.17, 15) is 4.79 Å². The highest BCUT2D eigenvalue weighted by molar-refractivity contribution is 7.13. The lowest BCUT2D eigenvalue weighted by Crippen LogP contribution is -2.15. The van der Waals surface area contributed by atoms with Gasteiger partial charge in [-0.1, -0.05) is 43.6 Å². The molecule has 0 saturated carbocycles. The fraction of sp³-hybridized carbons (Fsp3) is 0.238. The van der Waals surface area contributed by atoms with Gasteiger partial charge < -0.3 is 5.32 Å². The molecule has 0 aliphatic rings. The maximum Gasteiger partial charge on any atom is 0.255 e. The van der Waals surface area contributed by atoms with Gasteiger partial charge in [0.2, 0.25) is 0 Å². The van der Waals surface area contributed by atoms with E-state index in [4.69, 9.17) is 11.6 Å². The summed E-state index contributed by atoms with van der Waals surface area (Å²) < 4.78 is 0. The molecule has 0 saturated heterocycles. The fourth-order valence-electron chi connectivity index (χ4n) is 2.90. The first-order chi connectivity index (χ1) is 12.5. The van der Waals surface area contributed by atoms with Crippen LogP contribution in [0.15, 0.2) is 41.8 Å². The number of benzene rings is 2. The van der Waals surface area contributed by atoms with E-state index in [0.29, 0.717) is 10.6 Å². The monoisotopic (exact) mass is 384 g/mol. The molecule has 0 atom stereocenters. The number of amides is 1. The Morgan fingerprint density at radius 2 is 1.85 bits per heavy atom. The number of aromatic nitrogens is 1. The van der Waals surface area contributed by atoms with Crippen molar-refractivity contribution in [1.29, 1.82) is 0 Å². The van der Waals surface area contributed by atoms with Crippen molar-refractivity contribution in [3.05, 3.63) is 69.2 Å². The molecule has 0 spiro atoms. The lowest BCUT2D eigenvalue weighted by molar-refractivity contribution is 0.102. The number of halogens is 1. The van der Waals surface area contributed by atoms with Crippen LogP contribution in [0.25, 0.3) is 10.6 Å². The molecule has 0 aliphatic heterocycles. The number of carbonyl (C=O) groups excluding carboxylic acids is 1. The molecule has 2 aromatic carbocycles. The summed E-state index contributed by atoms with van der Waals surface area (Å²) in [5, 5.41) is 6.74. The average molecular weight is 385 g/mol. The molecule has 0 radical (unpaired) electrons. The van der Waals surface area contributed by atoms with Crippen LogP contribution in [0.5, 0.6) is 0 Å². The van der Waals surface area contributed by atoms with Crippen LogP contribution >= 0.6 is 22.9 Å². The Hall–Kier alpha value is -2.17. The van der Waals surface area contributed by atoms with Crippen LogP contribution in [0.1, 0.15) is 41.0 Å². The maximum absolute atomic E-state index is 12.7. The Balaban J connectivity index is 1.86. The number of aryl methyl sites for hydroxylation is 2. The number of anilines is 1. The topological polar surface area (TPSA) is 42.0 Å². The molecule has 0 aliphatic carbocycles. The summed E-state index contributed by atoms with van der Waals surface area (Å²) in [7, 11) is 0. The van der Waals surface area contributed by atoms with Crippen LogP contribution < -0.4 is 5.32 Å². The molecule has 1 N–H and O–H groups in total. The molecule has 1 amide bonds. The Morgan fingerprint density at radius 1 is 1.12 bits per heavy atom. The fourth-order valence-corrected chi connectivity index (χ4v) is 4.00. The Labute approximate surface area is 163 Å². The van der Waals surface area contributed by atoms with Gasteiger partial charge in [-0.2, -0.15) is 0 Å². The normalized spacial score (nSPS) is 10.8. The van der Waals surface area contributed by atoms with Crippen molar-refractivity contribution in [2.45, 2.75) is 33.6 Å². The second-order valence-corrected chi connectivity index (χ2v) is 7.36. The van der Waals surface area contributed by atoms with Crippen LogP contribution in [0.3, 0.4) is 0 Å². The predicted octanol–water partition coefficient (Wildman–Crippen LogP) is 6.15. The minimum Gasteiger partial charge on any atom is -0.321 e. The summed E-state index contributed by atoms with van der Waals surface area (Å²) in [6.45, 7) is 6.09. The summed E-state index contributed by atoms with van der Waals surface area (Å²) in [5.74, 6) is -0.126. The van der Waals surface area contributed by atoms with Crippen molar-refractivity contribution in [1.82, 2.24) is 4.98 Å². The number of nitrogens with one attached hydrogen (secondary N) is 1. The first-order valence-electron chi connectivity index (χ1n) is 8.67. The number of carbonyl (C=O) groups is 1. The molecule has 1 aromatic heterocycles. The Kier molecular flexibility index (Phi) is 5.74. The van der Waals surface area contributed by atoms with Crippen molar-refractivity contribution in [3.63, 3.8) is 0 Å². The highest BCUT2D eigenvalue weighted by Gasteiger charge is 2.14. The average Bonchev–Trinajstić information content (AvgIpc) is 3.08. The molecule has 3 rings (SSSR count). The number of rotatable bonds is 5. The van der Waals surface area contributed by atoms with E-state index in [2.05, 4.69) is 17.2 Å². The van der Waals surface area contributed by atoms with Gasteiger partial charge in [0.25, 0.3) is 5.91 Å². The second-order valence-electron chi connectivity index (χ2n) is 6.09. The van der Waals surface area contributed by atoms with Crippen LogP contribution in [0, 0.1) is 6.92 Å². The zero-order valence-corrected chi connectivity index (χ0v) is 16.7. The Bertz CT molecular complexity index is 932. The van der Waals surface area contributed by atoms with Gasteiger partial charge in [0.15, 0.2) is 0 Å². The number of hydrogen-bond donors (Lipinski definition) is 1. The highest BCUT2D eigenvalue weighted by atomic mass is 35.5. The molecule has 3 nitrogen and oxygen atoms in total. The number of hydrogen-bond acceptors (Lipinski definition) is 3. The van der Waals surface area contributed by atoms with Gasteiger partial charge in [0.1, 0.15) is 5.01 Å².